The van der Waals surface area contributed by atoms with E-state index in [1.807, 2.05) is 4.90 Å². The van der Waals surface area contributed by atoms with Gasteiger partial charge in [-0.15, -0.1) is 0 Å². The Morgan fingerprint density at radius 3 is 2.94 bits per heavy atom. The lowest BCUT2D eigenvalue weighted by molar-refractivity contribution is -0.000814. The number of likely N-dealkylation sites (N-methyl/N-ethyl adjacent to an activating group) is 1. The number of carbonyl (C=O) groups excluding carboxylic acids is 1. The molecule has 1 N–H and O–H groups in total. The summed E-state index contributed by atoms with van der Waals surface area (Å²) in [5, 5.41) is 6.58. The molecule has 0 radical (unpaired) electrons. The number of aromatic nitrogens is 2. The van der Waals surface area contributed by atoms with Gasteiger partial charge in [0.1, 0.15) is 5.69 Å². The van der Waals surface area contributed by atoms with Crippen LogP contribution in [-0.2, 0) is 0 Å². The van der Waals surface area contributed by atoms with E-state index in [4.69, 9.17) is 0 Å². The molecule has 0 aliphatic carbocycles. The summed E-state index contributed by atoms with van der Waals surface area (Å²) >= 11 is 0. The molecule has 1 aromatic rings. The fourth-order valence-electron chi connectivity index (χ4n) is 3.12. The van der Waals surface area contributed by atoms with Crippen LogP contribution in [0.3, 0.4) is 0 Å². The summed E-state index contributed by atoms with van der Waals surface area (Å²) in [7, 11) is 0. The monoisotopic (exact) mass is 234 g/mol. The number of nitrogens with one attached hydrogen (secondary N) is 1. The number of amides is 1. The van der Waals surface area contributed by atoms with Gasteiger partial charge in [0.2, 0.25) is 0 Å². The van der Waals surface area contributed by atoms with Gasteiger partial charge >= 0.3 is 0 Å². The minimum atomic E-state index is 0.0855. The van der Waals surface area contributed by atoms with Crippen molar-refractivity contribution in [3.63, 3.8) is 0 Å². The van der Waals surface area contributed by atoms with Gasteiger partial charge in [-0.1, -0.05) is 6.92 Å². The number of rotatable bonds is 2. The molecule has 5 nitrogen and oxygen atoms in total. The second-order valence-electron chi connectivity index (χ2n) is 5.00. The highest BCUT2D eigenvalue weighted by Gasteiger charge is 2.49. The maximum absolute atomic E-state index is 12.2. The summed E-state index contributed by atoms with van der Waals surface area (Å²) in [6, 6.07) is 1.74. The third-order valence-corrected chi connectivity index (χ3v) is 4.25. The van der Waals surface area contributed by atoms with Crippen molar-refractivity contribution in [3.8, 4) is 0 Å². The van der Waals surface area contributed by atoms with Crippen LogP contribution < -0.4 is 0 Å². The molecule has 1 atom stereocenters. The summed E-state index contributed by atoms with van der Waals surface area (Å²) in [5.74, 6) is 0.0855. The van der Waals surface area contributed by atoms with Gasteiger partial charge in [0, 0.05) is 31.4 Å². The zero-order valence-corrected chi connectivity index (χ0v) is 10.1. The summed E-state index contributed by atoms with van der Waals surface area (Å²) < 4.78 is 0. The number of carbonyl (C=O) groups is 1. The van der Waals surface area contributed by atoms with Crippen molar-refractivity contribution in [2.75, 3.05) is 26.2 Å². The highest BCUT2D eigenvalue weighted by atomic mass is 16.2. The number of H-pyrrole nitrogens is 1. The standard InChI is InChI=1S/C12H18N4O/c1-2-16-8-5-12(16)4-7-15(9-12)11(17)10-3-6-13-14-10/h3,6H,2,4-5,7-9H2,1H3,(H,13,14). The van der Waals surface area contributed by atoms with Crippen LogP contribution in [0.15, 0.2) is 12.3 Å². The van der Waals surface area contributed by atoms with Gasteiger partial charge in [-0.2, -0.15) is 5.10 Å². The zero-order chi connectivity index (χ0) is 11.9. The summed E-state index contributed by atoms with van der Waals surface area (Å²) in [5.41, 5.74) is 0.883. The fraction of sp³-hybridized carbons (Fsp3) is 0.667. The number of likely N-dealkylation sites (tertiary alicyclic amines) is 2. The van der Waals surface area contributed by atoms with Crippen molar-refractivity contribution in [1.29, 1.82) is 0 Å². The van der Waals surface area contributed by atoms with E-state index in [-0.39, 0.29) is 11.4 Å². The molecule has 5 heteroatoms. The third kappa shape index (κ3) is 1.57. The van der Waals surface area contributed by atoms with Gasteiger partial charge in [-0.3, -0.25) is 14.8 Å². The fourth-order valence-corrected chi connectivity index (χ4v) is 3.12. The maximum Gasteiger partial charge on any atom is 0.271 e. The molecule has 2 fully saturated rings. The quantitative estimate of drug-likeness (QED) is 0.820. The van der Waals surface area contributed by atoms with Crippen molar-refractivity contribution in [2.45, 2.75) is 25.3 Å². The minimum absolute atomic E-state index is 0.0855. The third-order valence-electron chi connectivity index (χ3n) is 4.25. The van der Waals surface area contributed by atoms with E-state index in [1.165, 1.54) is 13.0 Å². The molecule has 0 aromatic carbocycles. The van der Waals surface area contributed by atoms with E-state index in [9.17, 15) is 4.79 Å². The van der Waals surface area contributed by atoms with E-state index < -0.39 is 0 Å². The highest BCUT2D eigenvalue weighted by molar-refractivity contribution is 5.92. The number of hydrogen-bond donors (Lipinski definition) is 1. The summed E-state index contributed by atoms with van der Waals surface area (Å²) in [6.45, 7) is 6.21. The van der Waals surface area contributed by atoms with Crippen LogP contribution in [0.25, 0.3) is 0 Å². The number of hydrogen-bond acceptors (Lipinski definition) is 3. The molecule has 92 valence electrons. The predicted molar refractivity (Wildman–Crippen MR) is 63.7 cm³/mol. The molecule has 3 rings (SSSR count). The van der Waals surface area contributed by atoms with Crippen LogP contribution in [0.5, 0.6) is 0 Å². The molecule has 1 spiro atoms. The Hall–Kier alpha value is -1.36. The Bertz CT molecular complexity index is 414. The normalized spacial score (nSPS) is 28.6. The van der Waals surface area contributed by atoms with Gasteiger partial charge in [0.05, 0.1) is 0 Å². The zero-order valence-electron chi connectivity index (χ0n) is 10.1. The molecular weight excluding hydrogens is 216 g/mol. The largest absolute Gasteiger partial charge is 0.335 e. The summed E-state index contributed by atoms with van der Waals surface area (Å²) in [4.78, 5) is 16.6. The lowest BCUT2D eigenvalue weighted by Gasteiger charge is -2.50. The first kappa shape index (κ1) is 10.8. The molecule has 3 heterocycles. The predicted octanol–water partition coefficient (Wildman–Crippen LogP) is 0.720. The smallest absolute Gasteiger partial charge is 0.271 e. The first-order valence-corrected chi connectivity index (χ1v) is 6.29. The Labute approximate surface area is 101 Å². The molecule has 1 aromatic heterocycles. The van der Waals surface area contributed by atoms with Crippen molar-refractivity contribution in [2.24, 2.45) is 0 Å². The minimum Gasteiger partial charge on any atom is -0.335 e. The molecule has 0 saturated carbocycles. The van der Waals surface area contributed by atoms with Crippen LogP contribution >= 0.6 is 0 Å². The van der Waals surface area contributed by atoms with Gasteiger partial charge in [0.25, 0.3) is 5.91 Å². The molecule has 2 aliphatic rings. The van der Waals surface area contributed by atoms with Gasteiger partial charge < -0.3 is 4.90 Å². The Kier molecular flexibility index (Phi) is 2.43. The van der Waals surface area contributed by atoms with Crippen LogP contribution in [0.4, 0.5) is 0 Å². The lowest BCUT2D eigenvalue weighted by atomic mass is 9.84. The number of aromatic amines is 1. The highest BCUT2D eigenvalue weighted by Crippen LogP contribution is 2.38. The lowest BCUT2D eigenvalue weighted by Crippen LogP contribution is -2.61. The average molecular weight is 234 g/mol. The second kappa shape index (κ2) is 3.84. The SMILES string of the molecule is CCN1CCC12CCN(C(=O)c1ccn[nH]1)C2. The van der Waals surface area contributed by atoms with Crippen LogP contribution in [0.2, 0.25) is 0 Å². The molecule has 2 aliphatic heterocycles. The van der Waals surface area contributed by atoms with Gasteiger partial charge in [0.15, 0.2) is 0 Å². The van der Waals surface area contributed by atoms with E-state index >= 15 is 0 Å². The van der Waals surface area contributed by atoms with Crippen LogP contribution in [0, 0.1) is 0 Å². The first-order valence-electron chi connectivity index (χ1n) is 6.29. The Morgan fingerprint density at radius 2 is 2.35 bits per heavy atom. The van der Waals surface area contributed by atoms with Gasteiger partial charge in [-0.05, 0) is 25.5 Å². The average Bonchev–Trinajstić information content (AvgIpc) is 2.98. The molecule has 2 saturated heterocycles. The van der Waals surface area contributed by atoms with Crippen molar-refractivity contribution in [3.05, 3.63) is 18.0 Å². The van der Waals surface area contributed by atoms with E-state index in [2.05, 4.69) is 22.0 Å². The first-order chi connectivity index (χ1) is 8.25. The number of nitrogens with zero attached hydrogens (tertiary/aromatic N) is 3. The molecule has 1 unspecified atom stereocenters. The Morgan fingerprint density at radius 1 is 1.53 bits per heavy atom. The Balaban J connectivity index is 1.70. The van der Waals surface area contributed by atoms with Crippen molar-refractivity contribution >= 4 is 5.91 Å². The van der Waals surface area contributed by atoms with Crippen molar-refractivity contribution in [1.82, 2.24) is 20.0 Å². The topological polar surface area (TPSA) is 52.2 Å². The van der Waals surface area contributed by atoms with Crippen molar-refractivity contribution < 1.29 is 4.79 Å². The van der Waals surface area contributed by atoms with Crippen LogP contribution in [-0.4, -0.2) is 57.6 Å². The second-order valence-corrected chi connectivity index (χ2v) is 5.00. The van der Waals surface area contributed by atoms with Crippen LogP contribution in [0.1, 0.15) is 30.3 Å². The summed E-state index contributed by atoms with van der Waals surface area (Å²) in [6.07, 6.45) is 3.97. The molecule has 0 bridgehead atoms. The molecule has 17 heavy (non-hydrogen) atoms. The maximum atomic E-state index is 12.2. The van der Waals surface area contributed by atoms with E-state index in [0.29, 0.717) is 5.69 Å². The molecular formula is C12H18N4O. The van der Waals surface area contributed by atoms with Gasteiger partial charge in [-0.25, -0.2) is 0 Å². The molecule has 1 amide bonds. The van der Waals surface area contributed by atoms with E-state index in [0.717, 1.165) is 26.1 Å². The van der Waals surface area contributed by atoms with E-state index in [1.54, 1.807) is 12.3 Å².